The zero-order valence-corrected chi connectivity index (χ0v) is 26.9. The highest BCUT2D eigenvalue weighted by Gasteiger charge is 2.61. The van der Waals surface area contributed by atoms with Gasteiger partial charge in [0.2, 0.25) is 5.60 Å². The van der Waals surface area contributed by atoms with Crippen molar-refractivity contribution in [1.82, 2.24) is 21.2 Å². The van der Waals surface area contributed by atoms with Crippen molar-refractivity contribution in [2.75, 3.05) is 13.2 Å². The van der Waals surface area contributed by atoms with Crippen molar-refractivity contribution in [2.24, 2.45) is 0 Å². The highest BCUT2D eigenvalue weighted by Crippen LogP contribution is 2.39. The maximum Gasteiger partial charge on any atom is 0.426 e. The normalized spacial score (nSPS) is 13.6. The molecule has 272 valence electrons. The van der Waals surface area contributed by atoms with Gasteiger partial charge in [-0.1, -0.05) is 30.3 Å². The standard InChI is InChI=1S/C29H35F6N5O9/c1-25(2,3)49-24(44)36-16-26(4,5)47-13-9-12-27(29(33,34)35,48-15-17-10-7-6-8-11-17)23(43)39-38-22(42)20-19(40(45)46)14-18(21(41)37-20)28(30,31)32/h6-8,10-11,14H,9,12-13,15-16H2,1-5H3,(H,36,44)(H,37,41)(H,38,42)(H,39,43)/t27-/m1/s1. The maximum atomic E-state index is 14.7. The first-order valence-corrected chi connectivity index (χ1v) is 14.3. The van der Waals surface area contributed by atoms with Crippen molar-refractivity contribution in [3.05, 3.63) is 73.7 Å². The second kappa shape index (κ2) is 15.7. The number of carbonyl (C=O) groups is 3. The second-order valence-corrected chi connectivity index (χ2v) is 12.1. The van der Waals surface area contributed by atoms with Gasteiger partial charge in [-0.25, -0.2) is 4.79 Å². The number of ether oxygens (including phenoxy) is 3. The smallest absolute Gasteiger partial charge is 0.426 e. The number of hydrogen-bond acceptors (Lipinski definition) is 9. The first-order valence-electron chi connectivity index (χ1n) is 14.3. The molecule has 0 aliphatic carbocycles. The lowest BCUT2D eigenvalue weighted by Crippen LogP contribution is -2.62. The number of pyridine rings is 1. The molecule has 0 aliphatic heterocycles. The Morgan fingerprint density at radius 3 is 2.08 bits per heavy atom. The van der Waals surface area contributed by atoms with Gasteiger partial charge in [-0.3, -0.25) is 35.3 Å². The van der Waals surface area contributed by atoms with Crippen molar-refractivity contribution in [3.63, 3.8) is 0 Å². The maximum absolute atomic E-state index is 14.7. The number of hydrazine groups is 1. The largest absolute Gasteiger partial charge is 0.444 e. The van der Waals surface area contributed by atoms with Gasteiger partial charge < -0.3 is 24.5 Å². The van der Waals surface area contributed by atoms with E-state index in [-0.39, 0.29) is 18.2 Å². The van der Waals surface area contributed by atoms with Gasteiger partial charge in [0.25, 0.3) is 23.1 Å². The Morgan fingerprint density at radius 2 is 1.55 bits per heavy atom. The van der Waals surface area contributed by atoms with Crippen molar-refractivity contribution in [1.29, 1.82) is 0 Å². The molecule has 1 heterocycles. The van der Waals surface area contributed by atoms with Crippen molar-refractivity contribution >= 4 is 23.6 Å². The fraction of sp³-hybridized carbons (Fsp3) is 0.517. The van der Waals surface area contributed by atoms with Crippen LogP contribution in [-0.2, 0) is 31.8 Å². The molecule has 14 nitrogen and oxygen atoms in total. The van der Waals surface area contributed by atoms with Crippen LogP contribution in [0.5, 0.6) is 0 Å². The molecule has 0 spiro atoms. The number of alkyl halides is 6. The van der Waals surface area contributed by atoms with E-state index in [1.165, 1.54) is 53.9 Å². The molecule has 1 aromatic carbocycles. The number of nitro groups is 1. The van der Waals surface area contributed by atoms with Crippen LogP contribution in [-0.4, -0.2) is 63.9 Å². The molecular weight excluding hydrogens is 676 g/mol. The Kier molecular flexibility index (Phi) is 12.9. The number of rotatable bonds is 13. The summed E-state index contributed by atoms with van der Waals surface area (Å²) in [5.74, 6) is -3.82. The molecule has 3 amide bonds. The minimum atomic E-state index is -5.46. The fourth-order valence-corrected chi connectivity index (χ4v) is 4.03. The van der Waals surface area contributed by atoms with Crippen molar-refractivity contribution in [2.45, 2.75) is 83.2 Å². The number of hydrogen-bond donors (Lipinski definition) is 4. The van der Waals surface area contributed by atoms with Gasteiger partial charge in [0.15, 0.2) is 5.69 Å². The topological polar surface area (TPSA) is 191 Å². The van der Waals surface area contributed by atoms with Crippen LogP contribution in [0, 0.1) is 10.1 Å². The summed E-state index contributed by atoms with van der Waals surface area (Å²) in [6, 6.07) is 7.14. The quantitative estimate of drug-likeness (QED) is 0.0989. The first-order chi connectivity index (χ1) is 22.4. The predicted octanol–water partition coefficient (Wildman–Crippen LogP) is 4.68. The zero-order chi connectivity index (χ0) is 37.4. The van der Waals surface area contributed by atoms with Crippen molar-refractivity contribution in [3.8, 4) is 0 Å². The van der Waals surface area contributed by atoms with Crippen LogP contribution in [0.4, 0.5) is 36.8 Å². The summed E-state index contributed by atoms with van der Waals surface area (Å²) < 4.78 is 99.3. The average molecular weight is 712 g/mol. The van der Waals surface area contributed by atoms with Gasteiger partial charge in [-0.2, -0.15) is 26.3 Å². The van der Waals surface area contributed by atoms with Crippen molar-refractivity contribution < 1.29 is 59.9 Å². The molecule has 0 fully saturated rings. The molecule has 1 aromatic heterocycles. The molecule has 4 N–H and O–H groups in total. The number of alkyl carbamates (subject to hydrolysis) is 1. The van der Waals surface area contributed by atoms with Crippen LogP contribution < -0.4 is 21.7 Å². The molecule has 0 saturated heterocycles. The number of aromatic amines is 1. The molecular formula is C29H35F6N5O9. The molecule has 0 bridgehead atoms. The van der Waals surface area contributed by atoms with E-state index in [9.17, 15) is 55.6 Å². The Labute approximate surface area is 275 Å². The number of carbonyl (C=O) groups excluding carboxylic acids is 3. The summed E-state index contributed by atoms with van der Waals surface area (Å²) in [4.78, 5) is 61.0. The molecule has 49 heavy (non-hydrogen) atoms. The van der Waals surface area contributed by atoms with Gasteiger partial charge in [0.05, 0.1) is 17.1 Å². The number of aromatic nitrogens is 1. The number of amides is 3. The van der Waals surface area contributed by atoms with Crippen LogP contribution in [0.2, 0.25) is 0 Å². The Balaban J connectivity index is 2.29. The minimum Gasteiger partial charge on any atom is -0.444 e. The predicted molar refractivity (Wildman–Crippen MR) is 158 cm³/mol. The number of nitrogens with zero attached hydrogens (tertiary/aromatic N) is 1. The molecule has 2 aromatic rings. The molecule has 0 aliphatic rings. The van der Waals surface area contributed by atoms with Gasteiger partial charge in [0, 0.05) is 19.2 Å². The number of benzene rings is 1. The summed E-state index contributed by atoms with van der Waals surface area (Å²) in [6.45, 7) is 6.72. The Hall–Kier alpha value is -4.72. The third-order valence-corrected chi connectivity index (χ3v) is 6.42. The second-order valence-electron chi connectivity index (χ2n) is 12.1. The summed E-state index contributed by atoms with van der Waals surface area (Å²) in [5.41, 5.74) is -9.39. The van der Waals surface area contributed by atoms with E-state index in [4.69, 9.17) is 14.2 Å². The zero-order valence-electron chi connectivity index (χ0n) is 26.9. The van der Waals surface area contributed by atoms with Gasteiger partial charge in [0.1, 0.15) is 11.2 Å². The Morgan fingerprint density at radius 1 is 0.939 bits per heavy atom. The Bertz CT molecular complexity index is 1560. The van der Waals surface area contributed by atoms with Crippen LogP contribution in [0.25, 0.3) is 0 Å². The lowest BCUT2D eigenvalue weighted by atomic mass is 9.95. The lowest BCUT2D eigenvalue weighted by molar-refractivity contribution is -0.385. The molecule has 0 radical (unpaired) electrons. The van der Waals surface area contributed by atoms with E-state index in [2.05, 4.69) is 5.32 Å². The lowest BCUT2D eigenvalue weighted by Gasteiger charge is -2.35. The summed E-state index contributed by atoms with van der Waals surface area (Å²) >= 11 is 0. The molecule has 0 unspecified atom stereocenters. The average Bonchev–Trinajstić information content (AvgIpc) is 2.96. The number of halogens is 6. The third kappa shape index (κ3) is 11.7. The van der Waals surface area contributed by atoms with Crippen LogP contribution in [0.1, 0.15) is 69.1 Å². The van der Waals surface area contributed by atoms with E-state index in [0.717, 1.165) is 0 Å². The van der Waals surface area contributed by atoms with Gasteiger partial charge in [-0.15, -0.1) is 0 Å². The summed E-state index contributed by atoms with van der Waals surface area (Å²) in [5, 5.41) is 13.8. The molecule has 20 heteroatoms. The third-order valence-electron chi connectivity index (χ3n) is 6.42. The molecule has 2 rings (SSSR count). The summed E-state index contributed by atoms with van der Waals surface area (Å²) in [7, 11) is 0. The first kappa shape index (κ1) is 40.5. The fourth-order valence-electron chi connectivity index (χ4n) is 4.03. The van der Waals surface area contributed by atoms with E-state index in [0.29, 0.717) is 0 Å². The SMILES string of the molecule is CC(C)(C)OC(=O)NCC(C)(C)OCCC[C@@](OCc1ccccc1)(C(=O)NNC(=O)c1[nH]c(=O)c(C(F)(F)F)cc1[N+](=O)[O-])C(F)(F)F. The van der Waals surface area contributed by atoms with Crippen LogP contribution in [0.15, 0.2) is 41.2 Å². The van der Waals surface area contributed by atoms with Gasteiger partial charge in [-0.05, 0) is 53.0 Å². The highest BCUT2D eigenvalue weighted by molar-refractivity contribution is 5.98. The van der Waals surface area contributed by atoms with E-state index in [1.807, 2.05) is 0 Å². The highest BCUT2D eigenvalue weighted by atomic mass is 19.4. The number of H-pyrrole nitrogens is 1. The monoisotopic (exact) mass is 711 g/mol. The van der Waals surface area contributed by atoms with Crippen LogP contribution >= 0.6 is 0 Å². The van der Waals surface area contributed by atoms with E-state index >= 15 is 0 Å². The molecule has 1 atom stereocenters. The van der Waals surface area contributed by atoms with Crippen LogP contribution in [0.3, 0.4) is 0 Å². The van der Waals surface area contributed by atoms with Gasteiger partial charge >= 0.3 is 18.4 Å². The van der Waals surface area contributed by atoms with E-state index in [1.54, 1.807) is 26.8 Å². The van der Waals surface area contributed by atoms with E-state index < -0.39 is 101 Å². The minimum absolute atomic E-state index is 0.110. The number of nitrogens with one attached hydrogen (secondary N) is 4. The summed E-state index contributed by atoms with van der Waals surface area (Å²) in [6.07, 6.45) is -13.2. The molecule has 0 saturated carbocycles.